The maximum absolute atomic E-state index is 11.2. The summed E-state index contributed by atoms with van der Waals surface area (Å²) in [6.07, 6.45) is 6.50. The summed E-state index contributed by atoms with van der Waals surface area (Å²) in [5.74, 6) is 0. The predicted molar refractivity (Wildman–Crippen MR) is 85.6 cm³/mol. The molecule has 0 amide bonds. The number of hydrogen-bond acceptors (Lipinski definition) is 3. The van der Waals surface area contributed by atoms with Crippen molar-refractivity contribution < 1.29 is 4.79 Å². The molecule has 0 bridgehead atoms. The van der Waals surface area contributed by atoms with Crippen molar-refractivity contribution >= 4 is 27.9 Å². The standard InChI is InChI=1S/C16H21BrN2O/c17-14-5-6-16(13(11-14)12-20)19-9-7-18(8-10-19)15-3-1-2-4-15/h5-6,11-12,15H,1-4,7-10H2. The van der Waals surface area contributed by atoms with E-state index in [9.17, 15) is 4.79 Å². The van der Waals surface area contributed by atoms with E-state index in [4.69, 9.17) is 0 Å². The second kappa shape index (κ2) is 6.27. The Morgan fingerprint density at radius 3 is 2.45 bits per heavy atom. The van der Waals surface area contributed by atoms with Crippen LogP contribution in [0.1, 0.15) is 36.0 Å². The highest BCUT2D eigenvalue weighted by molar-refractivity contribution is 9.10. The summed E-state index contributed by atoms with van der Waals surface area (Å²) >= 11 is 3.43. The molecule has 108 valence electrons. The first-order valence-corrected chi connectivity index (χ1v) is 8.31. The lowest BCUT2D eigenvalue weighted by atomic mass is 10.1. The largest absolute Gasteiger partial charge is 0.368 e. The molecule has 0 radical (unpaired) electrons. The molecule has 1 aromatic rings. The minimum absolute atomic E-state index is 0.786. The molecule has 2 aliphatic rings. The number of anilines is 1. The van der Waals surface area contributed by atoms with Crippen molar-refractivity contribution in [2.24, 2.45) is 0 Å². The summed E-state index contributed by atoms with van der Waals surface area (Å²) in [4.78, 5) is 16.2. The Balaban J connectivity index is 1.67. The van der Waals surface area contributed by atoms with Crippen LogP contribution < -0.4 is 4.90 Å². The molecule has 4 heteroatoms. The number of carbonyl (C=O) groups is 1. The molecule has 2 fully saturated rings. The van der Waals surface area contributed by atoms with E-state index in [0.717, 1.165) is 54.2 Å². The second-order valence-electron chi connectivity index (χ2n) is 5.78. The average molecular weight is 337 g/mol. The van der Waals surface area contributed by atoms with Gasteiger partial charge in [-0.2, -0.15) is 0 Å². The van der Waals surface area contributed by atoms with Crippen LogP contribution in [0.4, 0.5) is 5.69 Å². The number of aldehydes is 1. The minimum Gasteiger partial charge on any atom is -0.368 e. The Kier molecular flexibility index (Phi) is 4.41. The van der Waals surface area contributed by atoms with Crippen LogP contribution in [0.25, 0.3) is 0 Å². The highest BCUT2D eigenvalue weighted by Crippen LogP contribution is 2.27. The number of benzene rings is 1. The first-order chi connectivity index (χ1) is 9.78. The third kappa shape index (κ3) is 2.91. The summed E-state index contributed by atoms with van der Waals surface area (Å²) in [5, 5.41) is 0. The molecule has 1 aliphatic heterocycles. The smallest absolute Gasteiger partial charge is 0.152 e. The molecule has 1 aliphatic carbocycles. The van der Waals surface area contributed by atoms with Crippen molar-refractivity contribution in [1.82, 2.24) is 4.90 Å². The summed E-state index contributed by atoms with van der Waals surface area (Å²) in [7, 11) is 0. The highest BCUT2D eigenvalue weighted by Gasteiger charge is 2.26. The Labute approximate surface area is 129 Å². The van der Waals surface area contributed by atoms with Gasteiger partial charge in [0.2, 0.25) is 0 Å². The van der Waals surface area contributed by atoms with Crippen molar-refractivity contribution in [3.8, 4) is 0 Å². The molecule has 0 unspecified atom stereocenters. The van der Waals surface area contributed by atoms with Gasteiger partial charge in [0, 0.05) is 47.9 Å². The molecule has 1 saturated heterocycles. The number of rotatable bonds is 3. The lowest BCUT2D eigenvalue weighted by molar-refractivity contribution is 0.112. The lowest BCUT2D eigenvalue weighted by Crippen LogP contribution is -2.50. The fourth-order valence-corrected chi connectivity index (χ4v) is 3.88. The van der Waals surface area contributed by atoms with Gasteiger partial charge in [-0.25, -0.2) is 0 Å². The molecule has 0 atom stereocenters. The van der Waals surface area contributed by atoms with E-state index in [1.807, 2.05) is 12.1 Å². The molecule has 1 saturated carbocycles. The first-order valence-electron chi connectivity index (χ1n) is 7.51. The van der Waals surface area contributed by atoms with Crippen LogP contribution >= 0.6 is 15.9 Å². The van der Waals surface area contributed by atoms with Crippen LogP contribution in [0.3, 0.4) is 0 Å². The lowest BCUT2D eigenvalue weighted by Gasteiger charge is -2.39. The van der Waals surface area contributed by atoms with Gasteiger partial charge in [-0.1, -0.05) is 28.8 Å². The first kappa shape index (κ1) is 14.1. The van der Waals surface area contributed by atoms with E-state index in [-0.39, 0.29) is 0 Å². The summed E-state index contributed by atoms with van der Waals surface area (Å²) in [6, 6.07) is 6.80. The zero-order chi connectivity index (χ0) is 13.9. The van der Waals surface area contributed by atoms with Crippen LogP contribution in [0.2, 0.25) is 0 Å². The van der Waals surface area contributed by atoms with Crippen LogP contribution in [0.5, 0.6) is 0 Å². The van der Waals surface area contributed by atoms with Gasteiger partial charge in [0.1, 0.15) is 0 Å². The van der Waals surface area contributed by atoms with E-state index < -0.39 is 0 Å². The van der Waals surface area contributed by atoms with Crippen LogP contribution in [-0.2, 0) is 0 Å². The van der Waals surface area contributed by atoms with Crippen LogP contribution in [-0.4, -0.2) is 43.4 Å². The number of piperazine rings is 1. The van der Waals surface area contributed by atoms with Crippen LogP contribution in [0.15, 0.2) is 22.7 Å². The summed E-state index contributed by atoms with van der Waals surface area (Å²) < 4.78 is 0.966. The van der Waals surface area contributed by atoms with Gasteiger partial charge < -0.3 is 4.90 Å². The monoisotopic (exact) mass is 336 g/mol. The molecule has 1 aromatic carbocycles. The molecule has 0 aromatic heterocycles. The Bertz CT molecular complexity index is 477. The fourth-order valence-electron chi connectivity index (χ4n) is 3.51. The van der Waals surface area contributed by atoms with Crippen molar-refractivity contribution in [3.63, 3.8) is 0 Å². The molecule has 3 nitrogen and oxygen atoms in total. The van der Waals surface area contributed by atoms with Crippen LogP contribution in [0, 0.1) is 0 Å². The molecule has 1 heterocycles. The van der Waals surface area contributed by atoms with E-state index in [1.165, 1.54) is 25.7 Å². The third-order valence-corrected chi connectivity index (χ3v) is 5.11. The Morgan fingerprint density at radius 2 is 1.80 bits per heavy atom. The maximum atomic E-state index is 11.2. The molecule has 20 heavy (non-hydrogen) atoms. The van der Waals surface area contributed by atoms with Crippen molar-refractivity contribution in [2.75, 3.05) is 31.1 Å². The molecule has 3 rings (SSSR count). The fraction of sp³-hybridized carbons (Fsp3) is 0.562. The quantitative estimate of drug-likeness (QED) is 0.791. The highest BCUT2D eigenvalue weighted by atomic mass is 79.9. The van der Waals surface area contributed by atoms with E-state index in [0.29, 0.717) is 0 Å². The zero-order valence-corrected chi connectivity index (χ0v) is 13.3. The number of hydrogen-bond donors (Lipinski definition) is 0. The summed E-state index contributed by atoms with van der Waals surface area (Å²) in [5.41, 5.74) is 1.86. The molecule has 0 spiro atoms. The number of halogens is 1. The van der Waals surface area contributed by atoms with E-state index >= 15 is 0 Å². The second-order valence-corrected chi connectivity index (χ2v) is 6.70. The number of carbonyl (C=O) groups excluding carboxylic acids is 1. The predicted octanol–water partition coefficient (Wildman–Crippen LogP) is 3.33. The molecular formula is C16H21BrN2O. The Hall–Kier alpha value is -0.870. The van der Waals surface area contributed by atoms with E-state index in [2.05, 4.69) is 31.8 Å². The van der Waals surface area contributed by atoms with Crippen molar-refractivity contribution in [1.29, 1.82) is 0 Å². The normalized spacial score (nSPS) is 21.4. The van der Waals surface area contributed by atoms with Gasteiger partial charge in [0.05, 0.1) is 0 Å². The van der Waals surface area contributed by atoms with Gasteiger partial charge in [0.25, 0.3) is 0 Å². The summed E-state index contributed by atoms with van der Waals surface area (Å²) in [6.45, 7) is 4.30. The third-order valence-electron chi connectivity index (χ3n) is 4.61. The van der Waals surface area contributed by atoms with Gasteiger partial charge >= 0.3 is 0 Å². The minimum atomic E-state index is 0.786. The maximum Gasteiger partial charge on any atom is 0.152 e. The average Bonchev–Trinajstić information content (AvgIpc) is 3.01. The topological polar surface area (TPSA) is 23.6 Å². The Morgan fingerprint density at radius 1 is 1.10 bits per heavy atom. The molecular weight excluding hydrogens is 316 g/mol. The SMILES string of the molecule is O=Cc1cc(Br)ccc1N1CCN(C2CCCC2)CC1. The van der Waals surface area contributed by atoms with Gasteiger partial charge in [0.15, 0.2) is 6.29 Å². The van der Waals surface area contributed by atoms with Gasteiger partial charge in [-0.15, -0.1) is 0 Å². The van der Waals surface area contributed by atoms with Crippen molar-refractivity contribution in [2.45, 2.75) is 31.7 Å². The van der Waals surface area contributed by atoms with Gasteiger partial charge in [-0.3, -0.25) is 9.69 Å². The number of nitrogens with zero attached hydrogens (tertiary/aromatic N) is 2. The van der Waals surface area contributed by atoms with Gasteiger partial charge in [-0.05, 0) is 31.0 Å². The molecule has 0 N–H and O–H groups in total. The van der Waals surface area contributed by atoms with Crippen molar-refractivity contribution in [3.05, 3.63) is 28.2 Å². The zero-order valence-electron chi connectivity index (χ0n) is 11.7. The van der Waals surface area contributed by atoms with E-state index in [1.54, 1.807) is 0 Å².